The first kappa shape index (κ1) is 16.2. The molecule has 1 saturated carbocycles. The summed E-state index contributed by atoms with van der Waals surface area (Å²) in [5.74, 6) is 1.67. The van der Waals surface area contributed by atoms with E-state index in [1.165, 1.54) is 44.2 Å². The molecule has 1 aliphatic rings. The Kier molecular flexibility index (Phi) is 5.92. The molecule has 0 unspecified atom stereocenters. The molecule has 3 heteroatoms. The lowest BCUT2D eigenvalue weighted by atomic mass is 10.1. The second-order valence-corrected chi connectivity index (χ2v) is 6.66. The number of ether oxygens (including phenoxy) is 1. The Morgan fingerprint density at radius 1 is 1.29 bits per heavy atom. The number of hydrogen-bond acceptors (Lipinski definition) is 3. The van der Waals surface area contributed by atoms with E-state index in [4.69, 9.17) is 10.5 Å². The van der Waals surface area contributed by atoms with Crippen LogP contribution in [0.4, 0.5) is 5.69 Å². The van der Waals surface area contributed by atoms with Crippen molar-refractivity contribution in [2.75, 3.05) is 19.4 Å². The summed E-state index contributed by atoms with van der Waals surface area (Å²) in [5.41, 5.74) is 7.88. The molecule has 21 heavy (non-hydrogen) atoms. The van der Waals surface area contributed by atoms with Gasteiger partial charge in [0, 0.05) is 29.9 Å². The summed E-state index contributed by atoms with van der Waals surface area (Å²) < 4.78 is 5.51. The van der Waals surface area contributed by atoms with Crippen molar-refractivity contribution in [3.8, 4) is 5.75 Å². The Morgan fingerprint density at radius 3 is 2.62 bits per heavy atom. The molecule has 1 aromatic rings. The molecular weight excluding hydrogens is 260 g/mol. The molecule has 0 bridgehead atoms. The lowest BCUT2D eigenvalue weighted by Gasteiger charge is -2.30. The largest absolute Gasteiger partial charge is 0.496 e. The summed E-state index contributed by atoms with van der Waals surface area (Å²) in [6.45, 7) is 6.75. The van der Waals surface area contributed by atoms with Gasteiger partial charge in [0.2, 0.25) is 0 Å². The van der Waals surface area contributed by atoms with Gasteiger partial charge in [0.15, 0.2) is 0 Å². The van der Waals surface area contributed by atoms with Gasteiger partial charge < -0.3 is 10.5 Å². The second kappa shape index (κ2) is 7.69. The number of benzene rings is 1. The fourth-order valence-electron chi connectivity index (χ4n) is 3.19. The minimum absolute atomic E-state index is 0.742. The van der Waals surface area contributed by atoms with Crippen molar-refractivity contribution in [1.29, 1.82) is 0 Å². The van der Waals surface area contributed by atoms with Crippen LogP contribution in [-0.4, -0.2) is 24.6 Å². The van der Waals surface area contributed by atoms with Crippen LogP contribution in [0.5, 0.6) is 5.75 Å². The molecule has 0 aliphatic heterocycles. The Morgan fingerprint density at radius 2 is 2.00 bits per heavy atom. The molecule has 3 nitrogen and oxygen atoms in total. The molecule has 0 saturated heterocycles. The molecular formula is C18H30N2O. The maximum absolute atomic E-state index is 5.86. The number of nitrogens with zero attached hydrogens (tertiary/aromatic N) is 1. The number of anilines is 1. The zero-order valence-electron chi connectivity index (χ0n) is 13.8. The highest BCUT2D eigenvalue weighted by Gasteiger charge is 2.23. The lowest BCUT2D eigenvalue weighted by Crippen LogP contribution is -2.34. The molecule has 1 fully saturated rings. The van der Waals surface area contributed by atoms with Crippen molar-refractivity contribution < 1.29 is 4.74 Å². The highest BCUT2D eigenvalue weighted by Crippen LogP contribution is 2.29. The summed E-state index contributed by atoms with van der Waals surface area (Å²) in [6, 6.07) is 6.77. The maximum atomic E-state index is 5.86. The van der Waals surface area contributed by atoms with Gasteiger partial charge in [-0.05, 0) is 37.8 Å². The molecule has 2 rings (SSSR count). The van der Waals surface area contributed by atoms with E-state index < -0.39 is 0 Å². The smallest absolute Gasteiger partial charge is 0.125 e. The Hall–Kier alpha value is -1.22. The van der Waals surface area contributed by atoms with Gasteiger partial charge in [0.05, 0.1) is 7.11 Å². The van der Waals surface area contributed by atoms with Crippen LogP contribution in [0, 0.1) is 5.92 Å². The average Bonchev–Trinajstić information content (AvgIpc) is 2.98. The second-order valence-electron chi connectivity index (χ2n) is 6.66. The normalized spacial score (nSPS) is 16.0. The van der Waals surface area contributed by atoms with Crippen molar-refractivity contribution in [2.24, 2.45) is 5.92 Å². The van der Waals surface area contributed by atoms with Gasteiger partial charge in [-0.2, -0.15) is 0 Å². The van der Waals surface area contributed by atoms with Crippen LogP contribution >= 0.6 is 0 Å². The van der Waals surface area contributed by atoms with Gasteiger partial charge in [0.25, 0.3) is 0 Å². The standard InChI is InChI=1S/C18H30N2O/c1-14(2)10-11-20(17-6-4-5-7-17)13-15-8-9-16(19)12-18(15)21-3/h8-9,12,14,17H,4-7,10-11,13,19H2,1-3H3. The van der Waals surface area contributed by atoms with E-state index in [-0.39, 0.29) is 0 Å². The highest BCUT2D eigenvalue weighted by molar-refractivity contribution is 5.48. The molecule has 118 valence electrons. The van der Waals surface area contributed by atoms with E-state index >= 15 is 0 Å². The number of methoxy groups -OCH3 is 1. The number of nitrogen functional groups attached to an aromatic ring is 1. The van der Waals surface area contributed by atoms with Gasteiger partial charge in [-0.25, -0.2) is 0 Å². The summed E-state index contributed by atoms with van der Waals surface area (Å²) in [5, 5.41) is 0. The van der Waals surface area contributed by atoms with Crippen LogP contribution in [0.1, 0.15) is 51.5 Å². The fourth-order valence-corrected chi connectivity index (χ4v) is 3.19. The van der Waals surface area contributed by atoms with Crippen LogP contribution in [0.3, 0.4) is 0 Å². The van der Waals surface area contributed by atoms with Gasteiger partial charge in [0.1, 0.15) is 5.75 Å². The third-order valence-corrected chi connectivity index (χ3v) is 4.52. The van der Waals surface area contributed by atoms with Crippen LogP contribution < -0.4 is 10.5 Å². The highest BCUT2D eigenvalue weighted by atomic mass is 16.5. The van der Waals surface area contributed by atoms with Gasteiger partial charge in [-0.15, -0.1) is 0 Å². The summed E-state index contributed by atoms with van der Waals surface area (Å²) in [6.07, 6.45) is 6.70. The van der Waals surface area contributed by atoms with Crippen molar-refractivity contribution in [3.63, 3.8) is 0 Å². The first-order valence-corrected chi connectivity index (χ1v) is 8.26. The van der Waals surface area contributed by atoms with E-state index in [0.29, 0.717) is 0 Å². The Balaban J connectivity index is 2.09. The minimum Gasteiger partial charge on any atom is -0.496 e. The predicted molar refractivity (Wildman–Crippen MR) is 89.5 cm³/mol. The van der Waals surface area contributed by atoms with E-state index in [2.05, 4.69) is 24.8 Å². The zero-order valence-corrected chi connectivity index (χ0v) is 13.8. The van der Waals surface area contributed by atoms with E-state index in [1.54, 1.807) is 7.11 Å². The lowest BCUT2D eigenvalue weighted by molar-refractivity contribution is 0.177. The van der Waals surface area contributed by atoms with E-state index in [9.17, 15) is 0 Å². The van der Waals surface area contributed by atoms with Gasteiger partial charge in [-0.3, -0.25) is 4.90 Å². The minimum atomic E-state index is 0.742. The monoisotopic (exact) mass is 290 g/mol. The third-order valence-electron chi connectivity index (χ3n) is 4.52. The van der Waals surface area contributed by atoms with Crippen molar-refractivity contribution in [2.45, 2.75) is 58.5 Å². The van der Waals surface area contributed by atoms with Crippen molar-refractivity contribution in [3.05, 3.63) is 23.8 Å². The molecule has 1 aromatic carbocycles. The summed E-state index contributed by atoms with van der Waals surface area (Å²) >= 11 is 0. The first-order valence-electron chi connectivity index (χ1n) is 8.26. The van der Waals surface area contributed by atoms with Crippen LogP contribution in [-0.2, 0) is 6.54 Å². The Bertz CT molecular complexity index is 439. The van der Waals surface area contributed by atoms with E-state index in [0.717, 1.165) is 29.9 Å². The molecule has 0 aromatic heterocycles. The molecule has 0 atom stereocenters. The van der Waals surface area contributed by atoms with Crippen molar-refractivity contribution in [1.82, 2.24) is 4.90 Å². The third kappa shape index (κ3) is 4.63. The molecule has 2 N–H and O–H groups in total. The number of rotatable bonds is 7. The molecule has 0 amide bonds. The topological polar surface area (TPSA) is 38.5 Å². The number of hydrogen-bond donors (Lipinski definition) is 1. The molecule has 0 spiro atoms. The fraction of sp³-hybridized carbons (Fsp3) is 0.667. The quantitative estimate of drug-likeness (QED) is 0.769. The molecule has 0 heterocycles. The molecule has 0 radical (unpaired) electrons. The van der Waals surface area contributed by atoms with Gasteiger partial charge >= 0.3 is 0 Å². The molecule has 1 aliphatic carbocycles. The SMILES string of the molecule is COc1cc(N)ccc1CN(CCC(C)C)C1CCCC1. The predicted octanol–water partition coefficient (Wildman–Crippen LogP) is 4.07. The first-order chi connectivity index (χ1) is 10.1. The van der Waals surface area contributed by atoms with Crippen LogP contribution in [0.15, 0.2) is 18.2 Å². The van der Waals surface area contributed by atoms with E-state index in [1.807, 2.05) is 12.1 Å². The van der Waals surface area contributed by atoms with Crippen LogP contribution in [0.25, 0.3) is 0 Å². The number of nitrogens with two attached hydrogens (primary N) is 1. The Labute approximate surface area is 129 Å². The summed E-state index contributed by atoms with van der Waals surface area (Å²) in [4.78, 5) is 2.65. The summed E-state index contributed by atoms with van der Waals surface area (Å²) in [7, 11) is 1.73. The maximum Gasteiger partial charge on any atom is 0.125 e. The zero-order chi connectivity index (χ0) is 15.2. The van der Waals surface area contributed by atoms with Crippen LogP contribution in [0.2, 0.25) is 0 Å². The van der Waals surface area contributed by atoms with Crippen molar-refractivity contribution >= 4 is 5.69 Å². The average molecular weight is 290 g/mol. The van der Waals surface area contributed by atoms with Gasteiger partial charge in [-0.1, -0.05) is 32.8 Å².